The maximum Gasteiger partial charge on any atom is 0.224 e. The van der Waals surface area contributed by atoms with E-state index in [0.29, 0.717) is 11.9 Å². The van der Waals surface area contributed by atoms with Crippen LogP contribution in [0.15, 0.2) is 30.3 Å². The second-order valence-corrected chi connectivity index (χ2v) is 5.82. The van der Waals surface area contributed by atoms with E-state index in [0.717, 1.165) is 30.2 Å². The Kier molecular flexibility index (Phi) is 5.14. The van der Waals surface area contributed by atoms with Crippen molar-refractivity contribution in [3.8, 4) is 0 Å². The van der Waals surface area contributed by atoms with E-state index in [9.17, 15) is 0 Å². The van der Waals surface area contributed by atoms with Gasteiger partial charge < -0.3 is 10.6 Å². The van der Waals surface area contributed by atoms with Gasteiger partial charge in [0.2, 0.25) is 5.95 Å². The summed E-state index contributed by atoms with van der Waals surface area (Å²) in [7, 11) is 0. The van der Waals surface area contributed by atoms with Crippen molar-refractivity contribution >= 4 is 17.5 Å². The van der Waals surface area contributed by atoms with Crippen molar-refractivity contribution in [3.05, 3.63) is 41.6 Å². The zero-order valence-corrected chi connectivity index (χ0v) is 13.3. The molecule has 0 atom stereocenters. The van der Waals surface area contributed by atoms with Crippen molar-refractivity contribution in [1.82, 2.24) is 9.97 Å². The van der Waals surface area contributed by atoms with Crippen molar-refractivity contribution in [2.45, 2.75) is 34.1 Å². The van der Waals surface area contributed by atoms with Crippen LogP contribution in [0.25, 0.3) is 0 Å². The number of rotatable bonds is 6. The second kappa shape index (κ2) is 7.07. The highest BCUT2D eigenvalue weighted by Gasteiger charge is 2.03. The summed E-state index contributed by atoms with van der Waals surface area (Å²) < 4.78 is 0. The van der Waals surface area contributed by atoms with E-state index in [1.54, 1.807) is 0 Å². The molecule has 0 aliphatic rings. The summed E-state index contributed by atoms with van der Waals surface area (Å²) in [5.41, 5.74) is 3.23. The molecule has 0 saturated heterocycles. The number of aromatic nitrogens is 2. The summed E-state index contributed by atoms with van der Waals surface area (Å²) in [5.74, 6) is 2.18. The number of aryl methyl sites for hydroxylation is 2. The van der Waals surface area contributed by atoms with Crippen molar-refractivity contribution in [2.75, 3.05) is 17.2 Å². The topological polar surface area (TPSA) is 49.8 Å². The molecule has 0 spiro atoms. The maximum atomic E-state index is 4.51. The monoisotopic (exact) mass is 284 g/mol. The SMILES string of the molecule is Cc1ccc(Nc2cc(C)nc(NCCC(C)C)n2)cc1. The average molecular weight is 284 g/mol. The molecule has 0 unspecified atom stereocenters. The molecule has 1 heterocycles. The second-order valence-electron chi connectivity index (χ2n) is 5.82. The van der Waals surface area contributed by atoms with E-state index in [-0.39, 0.29) is 0 Å². The Morgan fingerprint density at radius 2 is 1.76 bits per heavy atom. The number of hydrogen-bond donors (Lipinski definition) is 2. The van der Waals surface area contributed by atoms with Gasteiger partial charge in [-0.15, -0.1) is 0 Å². The Labute approximate surface area is 127 Å². The smallest absolute Gasteiger partial charge is 0.224 e. The highest BCUT2D eigenvalue weighted by atomic mass is 15.1. The first-order valence-corrected chi connectivity index (χ1v) is 7.46. The molecule has 1 aromatic heterocycles. The third kappa shape index (κ3) is 5.06. The Morgan fingerprint density at radius 3 is 2.43 bits per heavy atom. The number of benzene rings is 1. The van der Waals surface area contributed by atoms with Gasteiger partial charge in [-0.2, -0.15) is 4.98 Å². The molecule has 21 heavy (non-hydrogen) atoms. The van der Waals surface area contributed by atoms with Gasteiger partial charge in [0, 0.05) is 24.0 Å². The van der Waals surface area contributed by atoms with Gasteiger partial charge in [-0.1, -0.05) is 31.5 Å². The van der Waals surface area contributed by atoms with Crippen LogP contribution in [-0.2, 0) is 0 Å². The molecule has 0 aliphatic carbocycles. The predicted octanol–water partition coefficient (Wildman–Crippen LogP) is 4.30. The molecular weight excluding hydrogens is 260 g/mol. The third-order valence-electron chi connectivity index (χ3n) is 3.18. The highest BCUT2D eigenvalue weighted by Crippen LogP contribution is 2.17. The van der Waals surface area contributed by atoms with Gasteiger partial charge in [0.05, 0.1) is 0 Å². The van der Waals surface area contributed by atoms with Gasteiger partial charge in [0.1, 0.15) is 5.82 Å². The highest BCUT2D eigenvalue weighted by molar-refractivity contribution is 5.57. The summed E-state index contributed by atoms with van der Waals surface area (Å²) in [5, 5.41) is 6.61. The molecule has 1 aromatic carbocycles. The van der Waals surface area contributed by atoms with E-state index in [1.807, 2.05) is 13.0 Å². The van der Waals surface area contributed by atoms with Crippen LogP contribution in [0, 0.1) is 19.8 Å². The predicted molar refractivity (Wildman–Crippen MR) is 89.2 cm³/mol. The molecule has 2 N–H and O–H groups in total. The largest absolute Gasteiger partial charge is 0.354 e. The van der Waals surface area contributed by atoms with Crippen LogP contribution >= 0.6 is 0 Å². The summed E-state index contributed by atoms with van der Waals surface area (Å²) in [4.78, 5) is 8.94. The van der Waals surface area contributed by atoms with Crippen LogP contribution in [0.4, 0.5) is 17.5 Å². The summed E-state index contributed by atoms with van der Waals surface area (Å²) in [6.45, 7) is 9.38. The Balaban J connectivity index is 2.05. The Hall–Kier alpha value is -2.10. The van der Waals surface area contributed by atoms with Crippen LogP contribution in [0.5, 0.6) is 0 Å². The average Bonchev–Trinajstić information content (AvgIpc) is 2.40. The number of nitrogens with one attached hydrogen (secondary N) is 2. The van der Waals surface area contributed by atoms with Crippen LogP contribution in [0.1, 0.15) is 31.5 Å². The summed E-state index contributed by atoms with van der Waals surface area (Å²) in [6.07, 6.45) is 1.11. The molecule has 0 aliphatic heterocycles. The molecule has 0 fully saturated rings. The van der Waals surface area contributed by atoms with Crippen molar-refractivity contribution < 1.29 is 0 Å². The lowest BCUT2D eigenvalue weighted by Crippen LogP contribution is -2.09. The minimum Gasteiger partial charge on any atom is -0.354 e. The molecule has 0 bridgehead atoms. The number of nitrogens with zero attached hydrogens (tertiary/aromatic N) is 2. The van der Waals surface area contributed by atoms with Crippen LogP contribution in [-0.4, -0.2) is 16.5 Å². The molecule has 112 valence electrons. The lowest BCUT2D eigenvalue weighted by molar-refractivity contribution is 0.606. The van der Waals surface area contributed by atoms with Gasteiger partial charge in [0.25, 0.3) is 0 Å². The van der Waals surface area contributed by atoms with E-state index in [2.05, 4.69) is 65.6 Å². The molecule has 4 nitrogen and oxygen atoms in total. The fourth-order valence-corrected chi connectivity index (χ4v) is 1.97. The van der Waals surface area contributed by atoms with Gasteiger partial charge in [-0.3, -0.25) is 0 Å². The summed E-state index contributed by atoms with van der Waals surface area (Å²) in [6, 6.07) is 10.2. The van der Waals surface area contributed by atoms with Gasteiger partial charge >= 0.3 is 0 Å². The van der Waals surface area contributed by atoms with Crippen molar-refractivity contribution in [2.24, 2.45) is 5.92 Å². The first kappa shape index (κ1) is 15.3. The van der Waals surface area contributed by atoms with Gasteiger partial charge in [-0.25, -0.2) is 4.98 Å². The van der Waals surface area contributed by atoms with Crippen LogP contribution in [0.2, 0.25) is 0 Å². The van der Waals surface area contributed by atoms with E-state index >= 15 is 0 Å². The maximum absolute atomic E-state index is 4.51. The fourth-order valence-electron chi connectivity index (χ4n) is 1.97. The first-order chi connectivity index (χ1) is 10.0. The summed E-state index contributed by atoms with van der Waals surface area (Å²) >= 11 is 0. The zero-order chi connectivity index (χ0) is 15.2. The van der Waals surface area contributed by atoms with E-state index < -0.39 is 0 Å². The molecular formula is C17H24N4. The third-order valence-corrected chi connectivity index (χ3v) is 3.18. The molecule has 0 radical (unpaired) electrons. The van der Waals surface area contributed by atoms with Crippen LogP contribution < -0.4 is 10.6 Å². The first-order valence-electron chi connectivity index (χ1n) is 7.46. The normalized spacial score (nSPS) is 10.7. The molecule has 2 aromatic rings. The van der Waals surface area contributed by atoms with Crippen molar-refractivity contribution in [3.63, 3.8) is 0 Å². The Morgan fingerprint density at radius 1 is 1.05 bits per heavy atom. The van der Waals surface area contributed by atoms with E-state index in [4.69, 9.17) is 0 Å². The Bertz CT molecular complexity index is 576. The minimum atomic E-state index is 0.674. The molecule has 2 rings (SSSR count). The standard InChI is InChI=1S/C17H24N4/c1-12(2)9-10-18-17-19-14(4)11-16(21-17)20-15-7-5-13(3)6-8-15/h5-8,11-12H,9-10H2,1-4H3,(H2,18,19,20,21). The van der Waals surface area contributed by atoms with Crippen LogP contribution in [0.3, 0.4) is 0 Å². The van der Waals surface area contributed by atoms with Gasteiger partial charge in [0.15, 0.2) is 0 Å². The number of hydrogen-bond acceptors (Lipinski definition) is 4. The lowest BCUT2D eigenvalue weighted by Gasteiger charge is -2.11. The minimum absolute atomic E-state index is 0.674. The fraction of sp³-hybridized carbons (Fsp3) is 0.412. The quantitative estimate of drug-likeness (QED) is 0.830. The molecule has 0 amide bonds. The molecule has 4 heteroatoms. The lowest BCUT2D eigenvalue weighted by atomic mass is 10.1. The van der Waals surface area contributed by atoms with E-state index in [1.165, 1.54) is 5.56 Å². The van der Waals surface area contributed by atoms with Gasteiger partial charge in [-0.05, 0) is 38.3 Å². The zero-order valence-electron chi connectivity index (χ0n) is 13.3. The molecule has 0 saturated carbocycles. The number of anilines is 3. The van der Waals surface area contributed by atoms with Crippen molar-refractivity contribution in [1.29, 1.82) is 0 Å².